The van der Waals surface area contributed by atoms with E-state index in [9.17, 15) is 18.0 Å². The van der Waals surface area contributed by atoms with Crippen LogP contribution < -0.4 is 10.6 Å². The number of carbonyl (C=O) groups excluding carboxylic acids is 1. The molecule has 3 saturated carbocycles. The van der Waals surface area contributed by atoms with Gasteiger partial charge in [0.15, 0.2) is 0 Å². The first kappa shape index (κ1) is 13.2. The minimum Gasteiger partial charge on any atom is -0.346 e. The normalized spacial score (nSPS) is 40.9. The van der Waals surface area contributed by atoms with Gasteiger partial charge in [0.25, 0.3) is 0 Å². The lowest BCUT2D eigenvalue weighted by Crippen LogP contribution is -2.46. The van der Waals surface area contributed by atoms with Crippen molar-refractivity contribution < 1.29 is 18.0 Å². The summed E-state index contributed by atoms with van der Waals surface area (Å²) in [5, 5.41) is 5.15. The van der Waals surface area contributed by atoms with Crippen molar-refractivity contribution in [2.45, 2.75) is 44.4 Å². The number of carbonyl (C=O) groups is 1. The average molecular weight is 276 g/mol. The lowest BCUT2D eigenvalue weighted by atomic mass is 10.0. The minimum atomic E-state index is -4.34. The highest BCUT2D eigenvalue weighted by Crippen LogP contribution is 2.65. The second-order valence-electron chi connectivity index (χ2n) is 6.24. The summed E-state index contributed by atoms with van der Waals surface area (Å²) < 4.78 is 36.1. The summed E-state index contributed by atoms with van der Waals surface area (Å²) in [6.45, 7) is 0.391. The lowest BCUT2D eigenvalue weighted by Gasteiger charge is -2.17. The third-order valence-corrected chi connectivity index (χ3v) is 5.03. The van der Waals surface area contributed by atoms with Crippen LogP contribution in [0.2, 0.25) is 0 Å². The third-order valence-electron chi connectivity index (χ3n) is 5.03. The van der Waals surface area contributed by atoms with Crippen molar-refractivity contribution in [1.82, 2.24) is 10.6 Å². The number of hydrogen-bond donors (Lipinski definition) is 2. The van der Waals surface area contributed by atoms with Gasteiger partial charge in [0.2, 0.25) is 5.91 Å². The van der Waals surface area contributed by atoms with E-state index < -0.39 is 24.7 Å². The smallest absolute Gasteiger partial charge is 0.346 e. The van der Waals surface area contributed by atoms with Gasteiger partial charge in [-0.05, 0) is 49.9 Å². The van der Waals surface area contributed by atoms with Crippen LogP contribution in [0.4, 0.5) is 13.2 Å². The standard InChI is InChI=1S/C13H19F3N2O/c1-6(12(19)17-5-13(14,15)16)18-11-9-7-2-3-8(4-7)10(9)11/h6-11,18H,2-5H2,1H3,(H,17,19). The van der Waals surface area contributed by atoms with E-state index >= 15 is 0 Å². The molecule has 108 valence electrons. The molecule has 0 spiro atoms. The van der Waals surface area contributed by atoms with Gasteiger partial charge >= 0.3 is 6.18 Å². The summed E-state index contributed by atoms with van der Waals surface area (Å²) in [5.41, 5.74) is 0. The lowest BCUT2D eigenvalue weighted by molar-refractivity contribution is -0.139. The van der Waals surface area contributed by atoms with Crippen LogP contribution in [0.5, 0.6) is 0 Å². The molecule has 0 aromatic rings. The Morgan fingerprint density at radius 1 is 1.26 bits per heavy atom. The first-order chi connectivity index (χ1) is 8.87. The number of hydrogen-bond acceptors (Lipinski definition) is 2. The predicted octanol–water partition coefficient (Wildman–Crippen LogP) is 1.69. The van der Waals surface area contributed by atoms with Crippen molar-refractivity contribution in [3.05, 3.63) is 0 Å². The first-order valence-electron chi connectivity index (χ1n) is 6.97. The zero-order valence-electron chi connectivity index (χ0n) is 10.8. The fourth-order valence-electron chi connectivity index (χ4n) is 4.25. The van der Waals surface area contributed by atoms with Gasteiger partial charge in [-0.25, -0.2) is 0 Å². The quantitative estimate of drug-likeness (QED) is 0.820. The van der Waals surface area contributed by atoms with E-state index in [2.05, 4.69) is 5.32 Å². The molecule has 6 heteroatoms. The largest absolute Gasteiger partial charge is 0.405 e. The molecular formula is C13H19F3N2O. The SMILES string of the molecule is CC(NC1C2C3CCC(C3)C12)C(=O)NCC(F)(F)F. The van der Waals surface area contributed by atoms with Gasteiger partial charge in [-0.15, -0.1) is 0 Å². The monoisotopic (exact) mass is 276 g/mol. The molecule has 0 heterocycles. The molecule has 0 radical (unpaired) electrons. The molecule has 5 atom stereocenters. The Morgan fingerprint density at radius 2 is 1.84 bits per heavy atom. The van der Waals surface area contributed by atoms with E-state index in [1.165, 1.54) is 19.3 Å². The van der Waals surface area contributed by atoms with E-state index in [0.29, 0.717) is 17.9 Å². The number of amides is 1. The molecule has 0 aromatic heterocycles. The molecule has 0 saturated heterocycles. The highest BCUT2D eigenvalue weighted by Gasteiger charge is 2.65. The van der Waals surface area contributed by atoms with Gasteiger partial charge in [0, 0.05) is 6.04 Å². The number of rotatable bonds is 4. The van der Waals surface area contributed by atoms with E-state index in [-0.39, 0.29) is 0 Å². The van der Waals surface area contributed by atoms with Crippen LogP contribution in [-0.4, -0.2) is 30.7 Å². The topological polar surface area (TPSA) is 41.1 Å². The van der Waals surface area contributed by atoms with E-state index in [1.54, 1.807) is 6.92 Å². The molecule has 3 fully saturated rings. The molecule has 3 aliphatic carbocycles. The van der Waals surface area contributed by atoms with Crippen LogP contribution in [0.15, 0.2) is 0 Å². The van der Waals surface area contributed by atoms with Crippen LogP contribution in [0, 0.1) is 23.7 Å². The molecule has 2 bridgehead atoms. The summed E-state index contributed by atoms with van der Waals surface area (Å²) >= 11 is 0. The van der Waals surface area contributed by atoms with Gasteiger partial charge in [-0.2, -0.15) is 13.2 Å². The van der Waals surface area contributed by atoms with Crippen molar-refractivity contribution in [2.75, 3.05) is 6.54 Å². The molecule has 0 aromatic carbocycles. The average Bonchev–Trinajstić information content (AvgIpc) is 2.72. The van der Waals surface area contributed by atoms with Gasteiger partial charge in [-0.1, -0.05) is 0 Å². The summed E-state index contributed by atoms with van der Waals surface area (Å²) in [6, 6.07) is -0.185. The summed E-state index contributed by atoms with van der Waals surface area (Å²) in [5.74, 6) is 2.37. The molecule has 1 amide bonds. The number of alkyl halides is 3. The Balaban J connectivity index is 1.45. The second-order valence-corrected chi connectivity index (χ2v) is 6.24. The number of nitrogens with one attached hydrogen (secondary N) is 2. The Morgan fingerprint density at radius 3 is 2.37 bits per heavy atom. The van der Waals surface area contributed by atoms with Gasteiger partial charge in [0.05, 0.1) is 6.04 Å². The third kappa shape index (κ3) is 2.47. The van der Waals surface area contributed by atoms with Crippen molar-refractivity contribution in [1.29, 1.82) is 0 Å². The van der Waals surface area contributed by atoms with Crippen molar-refractivity contribution in [3.63, 3.8) is 0 Å². The molecule has 0 aliphatic heterocycles. The fourth-order valence-corrected chi connectivity index (χ4v) is 4.25. The number of fused-ring (bicyclic) bond motifs is 5. The van der Waals surface area contributed by atoms with E-state index in [4.69, 9.17) is 0 Å². The second kappa shape index (κ2) is 4.36. The first-order valence-corrected chi connectivity index (χ1v) is 6.97. The van der Waals surface area contributed by atoms with Crippen LogP contribution in [0.1, 0.15) is 26.2 Å². The molecular weight excluding hydrogens is 257 g/mol. The van der Waals surface area contributed by atoms with Crippen LogP contribution >= 0.6 is 0 Å². The highest BCUT2D eigenvalue weighted by atomic mass is 19.4. The molecule has 5 unspecified atom stereocenters. The zero-order valence-corrected chi connectivity index (χ0v) is 10.8. The Kier molecular flexibility index (Phi) is 3.04. The summed E-state index contributed by atoms with van der Waals surface area (Å²) in [6.07, 6.45) is -0.440. The Labute approximate surface area is 110 Å². The predicted molar refractivity (Wildman–Crippen MR) is 63.3 cm³/mol. The van der Waals surface area contributed by atoms with E-state index in [0.717, 1.165) is 11.8 Å². The summed E-state index contributed by atoms with van der Waals surface area (Å²) in [7, 11) is 0. The van der Waals surface area contributed by atoms with Crippen molar-refractivity contribution in [2.24, 2.45) is 23.7 Å². The highest BCUT2D eigenvalue weighted by molar-refractivity contribution is 5.81. The maximum Gasteiger partial charge on any atom is 0.405 e. The van der Waals surface area contributed by atoms with Crippen LogP contribution in [0.25, 0.3) is 0 Å². The maximum absolute atomic E-state index is 12.0. The van der Waals surface area contributed by atoms with E-state index in [1.807, 2.05) is 5.32 Å². The minimum absolute atomic E-state index is 0.359. The molecule has 19 heavy (non-hydrogen) atoms. The summed E-state index contributed by atoms with van der Waals surface area (Å²) in [4.78, 5) is 11.6. The van der Waals surface area contributed by atoms with Crippen molar-refractivity contribution in [3.8, 4) is 0 Å². The number of halogens is 3. The van der Waals surface area contributed by atoms with Crippen molar-refractivity contribution >= 4 is 5.91 Å². The van der Waals surface area contributed by atoms with Crippen LogP contribution in [0.3, 0.4) is 0 Å². The van der Waals surface area contributed by atoms with Gasteiger partial charge in [-0.3, -0.25) is 4.79 Å². The Hall–Kier alpha value is -0.780. The Bertz CT molecular complexity index is 369. The molecule has 3 aliphatic rings. The van der Waals surface area contributed by atoms with Crippen LogP contribution in [-0.2, 0) is 4.79 Å². The van der Waals surface area contributed by atoms with Gasteiger partial charge < -0.3 is 10.6 Å². The fraction of sp³-hybridized carbons (Fsp3) is 0.923. The zero-order chi connectivity index (χ0) is 13.8. The molecule has 3 nitrogen and oxygen atoms in total. The van der Waals surface area contributed by atoms with Gasteiger partial charge in [0.1, 0.15) is 6.54 Å². The molecule has 2 N–H and O–H groups in total. The maximum atomic E-state index is 12.0. The molecule has 3 rings (SSSR count).